The van der Waals surface area contributed by atoms with Crippen LogP contribution in [0, 0.1) is 29.4 Å². The largest absolute Gasteiger partial charge is 0.397 e. The number of benzene rings is 1. The smallest absolute Gasteiger partial charge is 0.228 e. The highest BCUT2D eigenvalue weighted by Crippen LogP contribution is 2.57. The summed E-state index contributed by atoms with van der Waals surface area (Å²) in [5.41, 5.74) is 5.37. The molecule has 0 saturated heterocycles. The van der Waals surface area contributed by atoms with E-state index in [4.69, 9.17) is 5.73 Å². The third-order valence-electron chi connectivity index (χ3n) is 4.08. The van der Waals surface area contributed by atoms with Crippen LogP contribution in [0.5, 0.6) is 0 Å². The maximum atomic E-state index is 13.5. The highest BCUT2D eigenvalue weighted by molar-refractivity contribution is 5.97. The molecule has 0 aromatic heterocycles. The number of nitrogens with one attached hydrogen (secondary N) is 1. The van der Waals surface area contributed by atoms with E-state index in [1.807, 2.05) is 0 Å². The molecule has 0 heterocycles. The van der Waals surface area contributed by atoms with Gasteiger partial charge in [-0.15, -0.1) is 0 Å². The summed E-state index contributed by atoms with van der Waals surface area (Å²) in [5, 5.41) is 2.43. The van der Waals surface area contributed by atoms with Crippen LogP contribution >= 0.6 is 0 Å². The lowest BCUT2D eigenvalue weighted by molar-refractivity contribution is -0.118. The molecule has 2 fully saturated rings. The van der Waals surface area contributed by atoms with Gasteiger partial charge in [-0.2, -0.15) is 0 Å². The maximum Gasteiger partial charge on any atom is 0.228 e. The van der Waals surface area contributed by atoms with Crippen LogP contribution in [0.2, 0.25) is 0 Å². The van der Waals surface area contributed by atoms with Crippen LogP contribution in [-0.4, -0.2) is 5.91 Å². The van der Waals surface area contributed by atoms with Crippen molar-refractivity contribution in [2.75, 3.05) is 11.1 Å². The van der Waals surface area contributed by atoms with Gasteiger partial charge >= 0.3 is 0 Å². The van der Waals surface area contributed by atoms with Crippen LogP contribution in [0.4, 0.5) is 20.2 Å². The van der Waals surface area contributed by atoms with Gasteiger partial charge in [0.2, 0.25) is 5.91 Å². The zero-order chi connectivity index (χ0) is 12.9. The van der Waals surface area contributed by atoms with E-state index in [0.29, 0.717) is 11.8 Å². The molecule has 1 aromatic rings. The molecule has 2 saturated carbocycles. The van der Waals surface area contributed by atoms with E-state index in [1.54, 1.807) is 0 Å². The summed E-state index contributed by atoms with van der Waals surface area (Å²) in [5.74, 6) is -1.50. The molecule has 96 valence electrons. The first-order chi connectivity index (χ1) is 8.59. The predicted octanol–water partition coefficient (Wildman–Crippen LogP) is 2.53. The number of nitrogen functional groups attached to an aromatic ring is 1. The number of hydrogen-bond donors (Lipinski definition) is 2. The molecule has 2 aliphatic carbocycles. The Bertz CT molecular complexity index is 508. The molecule has 3 nitrogen and oxygen atoms in total. The highest BCUT2D eigenvalue weighted by Gasteiger charge is 2.56. The van der Waals surface area contributed by atoms with Crippen LogP contribution in [0.3, 0.4) is 0 Å². The summed E-state index contributed by atoms with van der Waals surface area (Å²) in [7, 11) is 0. The van der Waals surface area contributed by atoms with Crippen molar-refractivity contribution in [3.63, 3.8) is 0 Å². The summed E-state index contributed by atoms with van der Waals surface area (Å²) in [6.45, 7) is 0. The van der Waals surface area contributed by atoms with Crippen LogP contribution in [-0.2, 0) is 4.79 Å². The van der Waals surface area contributed by atoms with Crippen molar-refractivity contribution in [1.82, 2.24) is 0 Å². The maximum absolute atomic E-state index is 13.5. The van der Waals surface area contributed by atoms with Gasteiger partial charge in [0, 0.05) is 5.92 Å². The molecule has 2 unspecified atom stereocenters. The van der Waals surface area contributed by atoms with Gasteiger partial charge in [0.1, 0.15) is 5.69 Å². The predicted molar refractivity (Wildman–Crippen MR) is 63.7 cm³/mol. The van der Waals surface area contributed by atoms with Crippen LogP contribution < -0.4 is 11.1 Å². The first-order valence-corrected chi connectivity index (χ1v) is 6.14. The van der Waals surface area contributed by atoms with Crippen molar-refractivity contribution in [2.45, 2.75) is 19.3 Å². The Labute approximate surface area is 103 Å². The molecule has 0 radical (unpaired) electrons. The number of hydrogen-bond acceptors (Lipinski definition) is 2. The number of fused-ring (bicyclic) bond motifs is 1. The highest BCUT2D eigenvalue weighted by atomic mass is 19.2. The lowest BCUT2D eigenvalue weighted by Gasteiger charge is -2.10. The van der Waals surface area contributed by atoms with Crippen LogP contribution in [0.1, 0.15) is 19.3 Å². The minimum absolute atomic E-state index is 0.0409. The molecule has 2 atom stereocenters. The Morgan fingerprint density at radius 2 is 1.94 bits per heavy atom. The summed E-state index contributed by atoms with van der Waals surface area (Å²) in [6.07, 6.45) is 3.28. The molecular weight excluding hydrogens is 238 g/mol. The minimum Gasteiger partial charge on any atom is -0.397 e. The fourth-order valence-electron chi connectivity index (χ4n) is 3.11. The van der Waals surface area contributed by atoms with Gasteiger partial charge in [0.25, 0.3) is 0 Å². The molecule has 2 aliphatic rings. The summed E-state index contributed by atoms with van der Waals surface area (Å²) in [6, 6.07) is 2.20. The second-order valence-corrected chi connectivity index (χ2v) is 5.10. The number of carbonyl (C=O) groups is 1. The van der Waals surface area contributed by atoms with E-state index >= 15 is 0 Å². The number of nitrogens with two attached hydrogens (primary N) is 1. The molecule has 0 bridgehead atoms. The first kappa shape index (κ1) is 11.4. The zero-order valence-corrected chi connectivity index (χ0v) is 9.75. The van der Waals surface area contributed by atoms with Crippen molar-refractivity contribution < 1.29 is 13.6 Å². The van der Waals surface area contributed by atoms with Crippen LogP contribution in [0.25, 0.3) is 0 Å². The molecule has 3 rings (SSSR count). The second-order valence-electron chi connectivity index (χ2n) is 5.10. The first-order valence-electron chi connectivity index (χ1n) is 6.14. The molecule has 0 aliphatic heterocycles. The van der Waals surface area contributed by atoms with E-state index in [0.717, 1.165) is 25.3 Å². The van der Waals surface area contributed by atoms with Crippen LogP contribution in [0.15, 0.2) is 12.1 Å². The summed E-state index contributed by atoms with van der Waals surface area (Å²) >= 11 is 0. The zero-order valence-electron chi connectivity index (χ0n) is 9.75. The SMILES string of the molecule is Nc1ccc(F)c(F)c1NC(=O)C1C2CCCC21. The lowest BCUT2D eigenvalue weighted by Crippen LogP contribution is -2.19. The van der Waals surface area contributed by atoms with E-state index in [1.165, 1.54) is 6.07 Å². The van der Waals surface area contributed by atoms with Gasteiger partial charge in [0.05, 0.1) is 5.69 Å². The fourth-order valence-corrected chi connectivity index (χ4v) is 3.11. The van der Waals surface area contributed by atoms with Gasteiger partial charge in [-0.3, -0.25) is 4.79 Å². The van der Waals surface area contributed by atoms with Crippen molar-refractivity contribution in [3.05, 3.63) is 23.8 Å². The van der Waals surface area contributed by atoms with Gasteiger partial charge in [-0.05, 0) is 36.8 Å². The topological polar surface area (TPSA) is 55.1 Å². The van der Waals surface area contributed by atoms with Crippen molar-refractivity contribution in [1.29, 1.82) is 0 Å². The number of rotatable bonds is 2. The van der Waals surface area contributed by atoms with E-state index in [-0.39, 0.29) is 23.2 Å². The Balaban J connectivity index is 1.77. The summed E-state index contributed by atoms with van der Waals surface area (Å²) in [4.78, 5) is 11.9. The number of carbonyl (C=O) groups excluding carboxylic acids is 1. The Kier molecular flexibility index (Phi) is 2.50. The molecule has 0 spiro atoms. The van der Waals surface area contributed by atoms with E-state index < -0.39 is 11.6 Å². The van der Waals surface area contributed by atoms with E-state index in [2.05, 4.69) is 5.32 Å². The molecule has 18 heavy (non-hydrogen) atoms. The van der Waals surface area contributed by atoms with Gasteiger partial charge < -0.3 is 11.1 Å². The second kappa shape index (κ2) is 3.93. The average Bonchev–Trinajstić information content (AvgIpc) is 2.83. The molecule has 5 heteroatoms. The standard InChI is InChI=1S/C13H14F2N2O/c14-8-4-5-9(16)12(11(8)15)17-13(18)10-6-2-1-3-7(6)10/h4-7,10H,1-3,16H2,(H,17,18). The normalized spacial score (nSPS) is 28.9. The Hall–Kier alpha value is -1.65. The van der Waals surface area contributed by atoms with E-state index in [9.17, 15) is 13.6 Å². The lowest BCUT2D eigenvalue weighted by atomic mass is 10.1. The Morgan fingerprint density at radius 1 is 1.28 bits per heavy atom. The van der Waals surface area contributed by atoms with Crippen molar-refractivity contribution >= 4 is 17.3 Å². The number of anilines is 2. The average molecular weight is 252 g/mol. The molecule has 3 N–H and O–H groups in total. The fraction of sp³-hybridized carbons (Fsp3) is 0.462. The third kappa shape index (κ3) is 1.65. The monoisotopic (exact) mass is 252 g/mol. The molecular formula is C13H14F2N2O. The number of halogens is 2. The van der Waals surface area contributed by atoms with Crippen molar-refractivity contribution in [3.8, 4) is 0 Å². The minimum atomic E-state index is -1.09. The Morgan fingerprint density at radius 3 is 2.61 bits per heavy atom. The van der Waals surface area contributed by atoms with Gasteiger partial charge in [-0.25, -0.2) is 8.78 Å². The molecule has 1 aromatic carbocycles. The quantitative estimate of drug-likeness (QED) is 0.795. The summed E-state index contributed by atoms with van der Waals surface area (Å²) < 4.78 is 26.6. The van der Waals surface area contributed by atoms with Crippen molar-refractivity contribution in [2.24, 2.45) is 17.8 Å². The molecule has 1 amide bonds. The third-order valence-corrected chi connectivity index (χ3v) is 4.08. The van der Waals surface area contributed by atoms with Gasteiger partial charge in [-0.1, -0.05) is 6.42 Å². The van der Waals surface area contributed by atoms with Gasteiger partial charge in [0.15, 0.2) is 11.6 Å². The number of amides is 1.